The van der Waals surface area contributed by atoms with Crippen molar-refractivity contribution < 1.29 is 4.79 Å². The van der Waals surface area contributed by atoms with Crippen LogP contribution in [0.15, 0.2) is 12.4 Å². The number of nitrogens with one attached hydrogen (secondary N) is 2. The standard InChI is InChI=1S/C12H15N5O/c1-7-10(5-15-17-7)4-14-12(18)11-6-13-9(3)16-8(11)2/h5-6H,4H2,1-3H3,(H,14,18)(H,15,17). The molecule has 0 aliphatic heterocycles. The highest BCUT2D eigenvalue weighted by atomic mass is 16.1. The quantitative estimate of drug-likeness (QED) is 0.846. The van der Waals surface area contributed by atoms with Crippen molar-refractivity contribution in [2.75, 3.05) is 0 Å². The maximum absolute atomic E-state index is 12.0. The van der Waals surface area contributed by atoms with E-state index in [-0.39, 0.29) is 5.91 Å². The molecular weight excluding hydrogens is 230 g/mol. The average Bonchev–Trinajstić information content (AvgIpc) is 2.72. The molecule has 0 radical (unpaired) electrons. The summed E-state index contributed by atoms with van der Waals surface area (Å²) in [6.45, 7) is 5.94. The number of nitrogens with zero attached hydrogens (tertiary/aromatic N) is 3. The fraction of sp³-hybridized carbons (Fsp3) is 0.333. The minimum atomic E-state index is -0.173. The van der Waals surface area contributed by atoms with Crippen LogP contribution in [0.5, 0.6) is 0 Å². The van der Waals surface area contributed by atoms with E-state index < -0.39 is 0 Å². The normalized spacial score (nSPS) is 10.4. The zero-order valence-electron chi connectivity index (χ0n) is 10.6. The van der Waals surface area contributed by atoms with Crippen LogP contribution in [0.2, 0.25) is 0 Å². The number of aromatic amines is 1. The maximum atomic E-state index is 12.0. The third-order valence-corrected chi connectivity index (χ3v) is 2.72. The second-order valence-corrected chi connectivity index (χ2v) is 4.12. The molecule has 0 fully saturated rings. The Bertz CT molecular complexity index is 576. The molecule has 0 saturated carbocycles. The van der Waals surface area contributed by atoms with Gasteiger partial charge in [0.25, 0.3) is 5.91 Å². The van der Waals surface area contributed by atoms with Crippen LogP contribution in [0, 0.1) is 20.8 Å². The van der Waals surface area contributed by atoms with Gasteiger partial charge in [0.2, 0.25) is 0 Å². The van der Waals surface area contributed by atoms with E-state index in [4.69, 9.17) is 0 Å². The monoisotopic (exact) mass is 245 g/mol. The van der Waals surface area contributed by atoms with Crippen LogP contribution in [-0.4, -0.2) is 26.1 Å². The van der Waals surface area contributed by atoms with Gasteiger partial charge in [-0.1, -0.05) is 0 Å². The number of rotatable bonds is 3. The number of aromatic nitrogens is 4. The second kappa shape index (κ2) is 4.95. The summed E-state index contributed by atoms with van der Waals surface area (Å²) in [6.07, 6.45) is 3.25. The van der Waals surface area contributed by atoms with Crippen molar-refractivity contribution in [2.45, 2.75) is 27.3 Å². The molecule has 0 atom stereocenters. The first-order chi connectivity index (χ1) is 8.58. The van der Waals surface area contributed by atoms with Crippen molar-refractivity contribution in [3.63, 3.8) is 0 Å². The van der Waals surface area contributed by atoms with Gasteiger partial charge in [0.15, 0.2) is 0 Å². The lowest BCUT2D eigenvalue weighted by atomic mass is 10.2. The number of amides is 1. The lowest BCUT2D eigenvalue weighted by molar-refractivity contribution is 0.0949. The van der Waals surface area contributed by atoms with Crippen molar-refractivity contribution in [3.05, 3.63) is 40.7 Å². The molecule has 2 rings (SSSR count). The highest BCUT2D eigenvalue weighted by molar-refractivity contribution is 5.94. The third kappa shape index (κ3) is 2.53. The minimum Gasteiger partial charge on any atom is -0.348 e. The molecule has 0 spiro atoms. The molecule has 6 heteroatoms. The van der Waals surface area contributed by atoms with E-state index in [0.717, 1.165) is 11.3 Å². The van der Waals surface area contributed by atoms with E-state index in [2.05, 4.69) is 25.5 Å². The van der Waals surface area contributed by atoms with E-state index in [1.165, 1.54) is 0 Å². The summed E-state index contributed by atoms with van der Waals surface area (Å²) in [5, 5.41) is 9.55. The van der Waals surface area contributed by atoms with Gasteiger partial charge in [-0.25, -0.2) is 9.97 Å². The Morgan fingerprint density at radius 3 is 2.72 bits per heavy atom. The predicted molar refractivity (Wildman–Crippen MR) is 66.0 cm³/mol. The van der Waals surface area contributed by atoms with Crippen LogP contribution >= 0.6 is 0 Å². The average molecular weight is 245 g/mol. The first-order valence-corrected chi connectivity index (χ1v) is 5.65. The zero-order chi connectivity index (χ0) is 13.1. The molecule has 0 unspecified atom stereocenters. The summed E-state index contributed by atoms with van der Waals surface area (Å²) in [5.74, 6) is 0.489. The Labute approximate surface area is 105 Å². The van der Waals surface area contributed by atoms with Gasteiger partial charge in [0.1, 0.15) is 5.82 Å². The number of aryl methyl sites for hydroxylation is 3. The van der Waals surface area contributed by atoms with Crippen LogP contribution < -0.4 is 5.32 Å². The van der Waals surface area contributed by atoms with E-state index in [0.29, 0.717) is 23.6 Å². The molecule has 2 aromatic heterocycles. The maximum Gasteiger partial charge on any atom is 0.254 e. The Morgan fingerprint density at radius 2 is 2.11 bits per heavy atom. The van der Waals surface area contributed by atoms with Crippen molar-refractivity contribution in [1.82, 2.24) is 25.5 Å². The van der Waals surface area contributed by atoms with Crippen LogP contribution in [0.1, 0.15) is 33.1 Å². The van der Waals surface area contributed by atoms with Crippen molar-refractivity contribution in [2.24, 2.45) is 0 Å². The number of carbonyl (C=O) groups is 1. The molecule has 2 N–H and O–H groups in total. The lowest BCUT2D eigenvalue weighted by Crippen LogP contribution is -2.24. The topological polar surface area (TPSA) is 83.6 Å². The molecule has 0 bridgehead atoms. The summed E-state index contributed by atoms with van der Waals surface area (Å²) >= 11 is 0. The summed E-state index contributed by atoms with van der Waals surface area (Å²) in [6, 6.07) is 0. The molecule has 0 saturated heterocycles. The minimum absolute atomic E-state index is 0.173. The SMILES string of the molecule is Cc1ncc(C(=O)NCc2cn[nH]c2C)c(C)n1. The third-order valence-electron chi connectivity index (χ3n) is 2.72. The van der Waals surface area contributed by atoms with Crippen molar-refractivity contribution >= 4 is 5.91 Å². The Hall–Kier alpha value is -2.24. The Kier molecular flexibility index (Phi) is 3.36. The van der Waals surface area contributed by atoms with Gasteiger partial charge in [0.05, 0.1) is 17.5 Å². The van der Waals surface area contributed by atoms with Gasteiger partial charge in [-0.2, -0.15) is 5.10 Å². The summed E-state index contributed by atoms with van der Waals surface area (Å²) in [7, 11) is 0. The molecule has 0 aliphatic carbocycles. The number of hydrogen-bond donors (Lipinski definition) is 2. The second-order valence-electron chi connectivity index (χ2n) is 4.12. The van der Waals surface area contributed by atoms with Crippen molar-refractivity contribution in [3.8, 4) is 0 Å². The molecule has 0 aromatic carbocycles. The highest BCUT2D eigenvalue weighted by Gasteiger charge is 2.11. The lowest BCUT2D eigenvalue weighted by Gasteiger charge is -2.06. The Balaban J connectivity index is 2.06. The summed E-state index contributed by atoms with van der Waals surface area (Å²) in [4.78, 5) is 20.2. The van der Waals surface area contributed by atoms with Gasteiger partial charge in [0, 0.05) is 24.0 Å². The van der Waals surface area contributed by atoms with Crippen LogP contribution in [0.25, 0.3) is 0 Å². The molecule has 18 heavy (non-hydrogen) atoms. The molecule has 2 aromatic rings. The van der Waals surface area contributed by atoms with Gasteiger partial charge in [-0.3, -0.25) is 9.89 Å². The molecule has 0 aliphatic rings. The molecular formula is C12H15N5O. The number of hydrogen-bond acceptors (Lipinski definition) is 4. The highest BCUT2D eigenvalue weighted by Crippen LogP contribution is 2.05. The number of H-pyrrole nitrogens is 1. The van der Waals surface area contributed by atoms with E-state index >= 15 is 0 Å². The van der Waals surface area contributed by atoms with Gasteiger partial charge in [-0.05, 0) is 20.8 Å². The van der Waals surface area contributed by atoms with Gasteiger partial charge >= 0.3 is 0 Å². The zero-order valence-corrected chi connectivity index (χ0v) is 10.6. The van der Waals surface area contributed by atoms with Gasteiger partial charge in [-0.15, -0.1) is 0 Å². The first-order valence-electron chi connectivity index (χ1n) is 5.65. The molecule has 94 valence electrons. The van der Waals surface area contributed by atoms with Gasteiger partial charge < -0.3 is 5.32 Å². The van der Waals surface area contributed by atoms with Crippen molar-refractivity contribution in [1.29, 1.82) is 0 Å². The first kappa shape index (κ1) is 12.2. The molecule has 2 heterocycles. The molecule has 6 nitrogen and oxygen atoms in total. The smallest absolute Gasteiger partial charge is 0.254 e. The fourth-order valence-electron chi connectivity index (χ4n) is 1.63. The van der Waals surface area contributed by atoms with Crippen LogP contribution in [0.3, 0.4) is 0 Å². The summed E-state index contributed by atoms with van der Waals surface area (Å²) < 4.78 is 0. The van der Waals surface area contributed by atoms with E-state index in [1.54, 1.807) is 26.2 Å². The number of carbonyl (C=O) groups excluding carboxylic acids is 1. The fourth-order valence-corrected chi connectivity index (χ4v) is 1.63. The van der Waals surface area contributed by atoms with E-state index in [1.807, 2.05) is 6.92 Å². The molecule has 1 amide bonds. The summed E-state index contributed by atoms with van der Waals surface area (Å²) in [5.41, 5.74) is 3.10. The van der Waals surface area contributed by atoms with Crippen LogP contribution in [-0.2, 0) is 6.54 Å². The Morgan fingerprint density at radius 1 is 1.33 bits per heavy atom. The largest absolute Gasteiger partial charge is 0.348 e. The van der Waals surface area contributed by atoms with Crippen LogP contribution in [0.4, 0.5) is 0 Å². The predicted octanol–water partition coefficient (Wildman–Crippen LogP) is 1.05. The van der Waals surface area contributed by atoms with E-state index in [9.17, 15) is 4.79 Å².